The van der Waals surface area contributed by atoms with Crippen molar-refractivity contribution in [1.29, 1.82) is 0 Å². The van der Waals surface area contributed by atoms with E-state index in [1.807, 2.05) is 9.47 Å². The lowest BCUT2D eigenvalue weighted by Crippen LogP contribution is -2.58. The molecular formula is C18H21F3N4O. The molecule has 1 aliphatic heterocycles. The number of carbonyl (C=O) groups is 1. The number of nitrogens with zero attached hydrogens (tertiary/aromatic N) is 3. The Kier molecular flexibility index (Phi) is 5.04. The SMILES string of the molecule is CC1(C)CN(CC(=O)NCC(F)F)C1c1nccn1-c1ccc(F)cc1. The minimum Gasteiger partial charge on any atom is -0.349 e. The molecule has 0 aliphatic carbocycles. The first kappa shape index (κ1) is 18.4. The number of benzene rings is 1. The predicted octanol–water partition coefficient (Wildman–Crippen LogP) is 2.78. The van der Waals surface area contributed by atoms with E-state index >= 15 is 0 Å². The fourth-order valence-electron chi connectivity index (χ4n) is 3.51. The van der Waals surface area contributed by atoms with Crippen molar-refractivity contribution in [3.8, 4) is 5.69 Å². The highest BCUT2D eigenvalue weighted by Gasteiger charge is 2.49. The molecule has 0 saturated carbocycles. The van der Waals surface area contributed by atoms with Crippen molar-refractivity contribution in [2.24, 2.45) is 5.41 Å². The molecule has 1 fully saturated rings. The Bertz CT molecular complexity index is 773. The molecule has 5 nitrogen and oxygen atoms in total. The Morgan fingerprint density at radius 3 is 2.65 bits per heavy atom. The maximum absolute atomic E-state index is 13.2. The van der Waals surface area contributed by atoms with Gasteiger partial charge in [0.1, 0.15) is 11.6 Å². The number of alkyl halides is 2. The van der Waals surface area contributed by atoms with Crippen LogP contribution in [0, 0.1) is 11.2 Å². The molecule has 0 spiro atoms. The number of hydrogen-bond acceptors (Lipinski definition) is 3. The summed E-state index contributed by atoms with van der Waals surface area (Å²) in [5, 5.41) is 2.23. The van der Waals surface area contributed by atoms with Crippen LogP contribution in [0.3, 0.4) is 0 Å². The standard InChI is InChI=1S/C18H21F3N4O/c1-18(2)11-24(10-15(26)23-9-14(20)21)16(18)17-22-7-8-25(17)13-5-3-12(19)4-6-13/h3-8,14,16H,9-11H2,1-2H3,(H,23,26). The molecule has 2 heterocycles. The number of carbonyl (C=O) groups excluding carboxylic acids is 1. The number of amides is 1. The zero-order valence-electron chi connectivity index (χ0n) is 14.6. The van der Waals surface area contributed by atoms with Gasteiger partial charge in [0, 0.05) is 30.0 Å². The molecule has 0 bridgehead atoms. The van der Waals surface area contributed by atoms with Crippen LogP contribution in [0.5, 0.6) is 0 Å². The van der Waals surface area contributed by atoms with E-state index in [9.17, 15) is 18.0 Å². The van der Waals surface area contributed by atoms with Gasteiger partial charge in [0.15, 0.2) is 0 Å². The molecule has 0 radical (unpaired) electrons. The van der Waals surface area contributed by atoms with Crippen molar-refractivity contribution < 1.29 is 18.0 Å². The molecule has 26 heavy (non-hydrogen) atoms. The molecule has 1 aromatic heterocycles. The highest BCUT2D eigenvalue weighted by atomic mass is 19.3. The van der Waals surface area contributed by atoms with Crippen molar-refractivity contribution in [1.82, 2.24) is 19.8 Å². The molecular weight excluding hydrogens is 345 g/mol. The fourth-order valence-corrected chi connectivity index (χ4v) is 3.51. The van der Waals surface area contributed by atoms with E-state index in [0.29, 0.717) is 6.54 Å². The number of nitrogens with one attached hydrogen (secondary N) is 1. The summed E-state index contributed by atoms with van der Waals surface area (Å²) in [6, 6.07) is 5.92. The zero-order valence-corrected chi connectivity index (χ0v) is 14.6. The normalized spacial score (nSPS) is 19.4. The van der Waals surface area contributed by atoms with Gasteiger partial charge in [-0.25, -0.2) is 18.2 Å². The first-order valence-corrected chi connectivity index (χ1v) is 8.36. The van der Waals surface area contributed by atoms with Gasteiger partial charge in [-0.1, -0.05) is 13.8 Å². The summed E-state index contributed by atoms with van der Waals surface area (Å²) in [5.41, 5.74) is 0.635. The van der Waals surface area contributed by atoms with Gasteiger partial charge in [0.25, 0.3) is 6.43 Å². The third-order valence-corrected chi connectivity index (χ3v) is 4.53. The lowest BCUT2D eigenvalue weighted by atomic mass is 9.74. The molecule has 1 N–H and O–H groups in total. The van der Waals surface area contributed by atoms with E-state index in [1.165, 1.54) is 12.1 Å². The van der Waals surface area contributed by atoms with Gasteiger partial charge in [-0.05, 0) is 24.3 Å². The van der Waals surface area contributed by atoms with Crippen molar-refractivity contribution >= 4 is 5.91 Å². The molecule has 1 amide bonds. The quantitative estimate of drug-likeness (QED) is 0.855. The minimum absolute atomic E-state index is 0.0249. The van der Waals surface area contributed by atoms with Gasteiger partial charge in [-0.15, -0.1) is 0 Å². The van der Waals surface area contributed by atoms with E-state index in [4.69, 9.17) is 0 Å². The Morgan fingerprint density at radius 1 is 1.35 bits per heavy atom. The lowest BCUT2D eigenvalue weighted by molar-refractivity contribution is -0.130. The molecule has 140 valence electrons. The highest BCUT2D eigenvalue weighted by molar-refractivity contribution is 5.78. The summed E-state index contributed by atoms with van der Waals surface area (Å²) in [7, 11) is 0. The van der Waals surface area contributed by atoms with Crippen LogP contribution in [0.2, 0.25) is 0 Å². The van der Waals surface area contributed by atoms with E-state index in [-0.39, 0.29) is 23.8 Å². The summed E-state index contributed by atoms with van der Waals surface area (Å²) < 4.78 is 39.6. The Labute approximate surface area is 149 Å². The zero-order chi connectivity index (χ0) is 18.9. The van der Waals surface area contributed by atoms with Crippen molar-refractivity contribution in [3.05, 3.63) is 48.3 Å². The van der Waals surface area contributed by atoms with Crippen molar-refractivity contribution in [3.63, 3.8) is 0 Å². The Morgan fingerprint density at radius 2 is 2.04 bits per heavy atom. The van der Waals surface area contributed by atoms with Gasteiger partial charge in [-0.3, -0.25) is 9.69 Å². The van der Waals surface area contributed by atoms with Crippen LogP contribution in [0.4, 0.5) is 13.2 Å². The summed E-state index contributed by atoms with van der Waals surface area (Å²) in [5.74, 6) is -0.0306. The molecule has 3 rings (SSSR count). The summed E-state index contributed by atoms with van der Waals surface area (Å²) in [4.78, 5) is 18.3. The first-order valence-electron chi connectivity index (χ1n) is 8.36. The van der Waals surface area contributed by atoms with Crippen LogP contribution in [0.25, 0.3) is 5.69 Å². The third-order valence-electron chi connectivity index (χ3n) is 4.53. The monoisotopic (exact) mass is 366 g/mol. The maximum Gasteiger partial charge on any atom is 0.255 e. The molecule has 1 aliphatic rings. The second kappa shape index (κ2) is 7.11. The number of likely N-dealkylation sites (tertiary alicyclic amines) is 1. The van der Waals surface area contributed by atoms with E-state index in [0.717, 1.165) is 11.5 Å². The Balaban J connectivity index is 1.79. The number of aromatic nitrogens is 2. The van der Waals surface area contributed by atoms with Gasteiger partial charge in [0.05, 0.1) is 19.1 Å². The van der Waals surface area contributed by atoms with Gasteiger partial charge < -0.3 is 9.88 Å². The van der Waals surface area contributed by atoms with Crippen LogP contribution in [-0.2, 0) is 4.79 Å². The molecule has 2 aromatic rings. The van der Waals surface area contributed by atoms with E-state index in [1.54, 1.807) is 24.5 Å². The van der Waals surface area contributed by atoms with Gasteiger partial charge in [-0.2, -0.15) is 0 Å². The van der Waals surface area contributed by atoms with E-state index in [2.05, 4.69) is 24.1 Å². The van der Waals surface area contributed by atoms with Crippen LogP contribution >= 0.6 is 0 Å². The summed E-state index contributed by atoms with van der Waals surface area (Å²) in [6.45, 7) is 4.15. The fraction of sp³-hybridized carbons (Fsp3) is 0.444. The summed E-state index contributed by atoms with van der Waals surface area (Å²) in [6.07, 6.45) is 0.869. The van der Waals surface area contributed by atoms with Crippen LogP contribution in [-0.4, -0.2) is 46.4 Å². The third kappa shape index (κ3) is 3.75. The molecule has 1 atom stereocenters. The van der Waals surface area contributed by atoms with Gasteiger partial charge in [0.2, 0.25) is 5.91 Å². The maximum atomic E-state index is 13.2. The molecule has 1 unspecified atom stereocenters. The predicted molar refractivity (Wildman–Crippen MR) is 90.6 cm³/mol. The largest absolute Gasteiger partial charge is 0.349 e. The van der Waals surface area contributed by atoms with Crippen LogP contribution in [0.15, 0.2) is 36.7 Å². The average Bonchev–Trinajstić information content (AvgIpc) is 3.01. The highest BCUT2D eigenvalue weighted by Crippen LogP contribution is 2.47. The summed E-state index contributed by atoms with van der Waals surface area (Å²) >= 11 is 0. The minimum atomic E-state index is -2.57. The number of rotatable bonds is 6. The second-order valence-corrected chi connectivity index (χ2v) is 7.12. The van der Waals surface area contributed by atoms with Crippen molar-refractivity contribution in [2.75, 3.05) is 19.6 Å². The van der Waals surface area contributed by atoms with Crippen LogP contribution in [0.1, 0.15) is 25.7 Å². The average molecular weight is 366 g/mol. The van der Waals surface area contributed by atoms with Crippen molar-refractivity contribution in [2.45, 2.75) is 26.3 Å². The topological polar surface area (TPSA) is 50.2 Å². The second-order valence-electron chi connectivity index (χ2n) is 7.12. The molecule has 8 heteroatoms. The molecule has 1 saturated heterocycles. The van der Waals surface area contributed by atoms with Crippen LogP contribution < -0.4 is 5.32 Å². The Hall–Kier alpha value is -2.35. The number of imidazole rings is 1. The first-order chi connectivity index (χ1) is 12.3. The number of hydrogen-bond donors (Lipinski definition) is 1. The number of halogens is 3. The molecule has 1 aromatic carbocycles. The smallest absolute Gasteiger partial charge is 0.255 e. The van der Waals surface area contributed by atoms with Gasteiger partial charge >= 0.3 is 0 Å². The van der Waals surface area contributed by atoms with E-state index < -0.39 is 18.9 Å². The lowest BCUT2D eigenvalue weighted by Gasteiger charge is -2.53.